The van der Waals surface area contributed by atoms with E-state index in [2.05, 4.69) is 20.8 Å². The van der Waals surface area contributed by atoms with E-state index in [1.807, 2.05) is 4.90 Å². The number of ether oxygens (including phenoxy) is 1. The summed E-state index contributed by atoms with van der Waals surface area (Å²) in [5.41, 5.74) is 0.919. The first-order valence-electron chi connectivity index (χ1n) is 7.98. The molecule has 2 aliphatic heterocycles. The number of thiophene rings is 1. The van der Waals surface area contributed by atoms with Crippen LogP contribution in [-0.2, 0) is 24.3 Å². The van der Waals surface area contributed by atoms with Crippen molar-refractivity contribution in [1.82, 2.24) is 9.55 Å². The minimum absolute atomic E-state index is 0.0486. The quantitative estimate of drug-likeness (QED) is 0.901. The first kappa shape index (κ1) is 15.1. The summed E-state index contributed by atoms with van der Waals surface area (Å²) in [6, 6.07) is 0.175. The molecule has 2 aromatic rings. The molecule has 2 aromatic heterocycles. The van der Waals surface area contributed by atoms with Crippen LogP contribution < -0.4 is 10.5 Å². The Labute approximate surface area is 138 Å². The second-order valence-electron chi connectivity index (χ2n) is 7.00. The average molecular weight is 335 g/mol. The molecule has 0 saturated heterocycles. The Morgan fingerprint density at radius 2 is 2.26 bits per heavy atom. The molecule has 4 heterocycles. The molecule has 1 N–H and O–H groups in total. The zero-order valence-corrected chi connectivity index (χ0v) is 14.4. The topological polar surface area (TPSA) is 67.6 Å². The van der Waals surface area contributed by atoms with E-state index in [1.165, 1.54) is 0 Å². The monoisotopic (exact) mass is 335 g/mol. The third-order valence-electron chi connectivity index (χ3n) is 4.75. The van der Waals surface area contributed by atoms with Gasteiger partial charge in [0, 0.05) is 30.4 Å². The molecular weight excluding hydrogens is 314 g/mol. The fraction of sp³-hybridized carbons (Fsp3) is 0.625. The van der Waals surface area contributed by atoms with E-state index in [0.717, 1.165) is 27.1 Å². The van der Waals surface area contributed by atoms with Gasteiger partial charge in [0.05, 0.1) is 24.2 Å². The molecule has 124 valence electrons. The summed E-state index contributed by atoms with van der Waals surface area (Å²) < 4.78 is 7.63. The Morgan fingerprint density at radius 1 is 1.48 bits per heavy atom. The SMILES string of the molecule is C[C@@H]1Cn2c(nc3sc4c(c3c2=O)CC(C)(C)OC4)N1CCO. The van der Waals surface area contributed by atoms with Crippen LogP contribution in [-0.4, -0.2) is 39.5 Å². The Balaban J connectivity index is 1.93. The lowest BCUT2D eigenvalue weighted by molar-refractivity contribution is -0.0379. The molecule has 4 rings (SSSR count). The maximum atomic E-state index is 13.1. The van der Waals surface area contributed by atoms with Gasteiger partial charge in [-0.05, 0) is 26.3 Å². The van der Waals surface area contributed by atoms with Gasteiger partial charge in [0.1, 0.15) is 4.83 Å². The van der Waals surface area contributed by atoms with Crippen LogP contribution in [0, 0.1) is 0 Å². The number of aromatic nitrogens is 2. The van der Waals surface area contributed by atoms with Gasteiger partial charge in [-0.1, -0.05) is 0 Å². The lowest BCUT2D eigenvalue weighted by atomic mass is 9.94. The van der Waals surface area contributed by atoms with Crippen molar-refractivity contribution in [2.45, 2.75) is 52.0 Å². The number of hydrogen-bond acceptors (Lipinski definition) is 6. The lowest BCUT2D eigenvalue weighted by Gasteiger charge is -2.29. The van der Waals surface area contributed by atoms with Gasteiger partial charge in [-0.25, -0.2) is 4.98 Å². The molecule has 7 heteroatoms. The minimum atomic E-state index is -0.243. The van der Waals surface area contributed by atoms with Crippen LogP contribution in [0.15, 0.2) is 4.79 Å². The molecule has 23 heavy (non-hydrogen) atoms. The number of aliphatic hydroxyl groups is 1. The van der Waals surface area contributed by atoms with E-state index in [0.29, 0.717) is 25.6 Å². The van der Waals surface area contributed by atoms with E-state index < -0.39 is 0 Å². The average Bonchev–Trinajstić information content (AvgIpc) is 2.98. The van der Waals surface area contributed by atoms with E-state index in [1.54, 1.807) is 15.9 Å². The standard InChI is InChI=1S/C16H21N3O3S/c1-9-7-19-14(21)12-10-6-16(2,3)22-8-11(10)23-13(12)17-15(19)18(9)4-5-20/h9,20H,4-8H2,1-3H3/t9-/m1/s1. The summed E-state index contributed by atoms with van der Waals surface area (Å²) in [5.74, 6) is 0.683. The maximum Gasteiger partial charge on any atom is 0.264 e. The second kappa shape index (κ2) is 5.03. The highest BCUT2D eigenvalue weighted by atomic mass is 32.1. The molecular formula is C16H21N3O3S. The number of β-amino-alcohol motifs (C(OH)–C–C–N with tert-alkyl or cyclic N) is 1. The number of aliphatic hydroxyl groups excluding tert-OH is 1. The van der Waals surface area contributed by atoms with Crippen molar-refractivity contribution < 1.29 is 9.84 Å². The van der Waals surface area contributed by atoms with Gasteiger partial charge in [-0.3, -0.25) is 9.36 Å². The minimum Gasteiger partial charge on any atom is -0.395 e. The molecule has 0 unspecified atom stereocenters. The highest BCUT2D eigenvalue weighted by Gasteiger charge is 2.34. The van der Waals surface area contributed by atoms with Gasteiger partial charge in [-0.2, -0.15) is 0 Å². The van der Waals surface area contributed by atoms with Crippen molar-refractivity contribution in [2.75, 3.05) is 18.1 Å². The van der Waals surface area contributed by atoms with Crippen molar-refractivity contribution in [2.24, 2.45) is 0 Å². The number of rotatable bonds is 2. The zero-order chi connectivity index (χ0) is 16.4. The summed E-state index contributed by atoms with van der Waals surface area (Å²) in [4.78, 5) is 21.8. The van der Waals surface area contributed by atoms with E-state index in [9.17, 15) is 9.90 Å². The van der Waals surface area contributed by atoms with Crippen molar-refractivity contribution in [3.8, 4) is 0 Å². The molecule has 0 aliphatic carbocycles. The Hall–Kier alpha value is -1.44. The van der Waals surface area contributed by atoms with E-state index >= 15 is 0 Å². The summed E-state index contributed by atoms with van der Waals surface area (Å²) in [7, 11) is 0. The van der Waals surface area contributed by atoms with Crippen LogP contribution in [0.25, 0.3) is 10.2 Å². The predicted molar refractivity (Wildman–Crippen MR) is 90.3 cm³/mol. The number of fused-ring (bicyclic) bond motifs is 4. The third-order valence-corrected chi connectivity index (χ3v) is 5.85. The molecule has 2 aliphatic rings. The normalized spacial score (nSPS) is 22.4. The molecule has 6 nitrogen and oxygen atoms in total. The van der Waals surface area contributed by atoms with Gasteiger partial charge < -0.3 is 14.7 Å². The number of hydrogen-bond donors (Lipinski definition) is 1. The Morgan fingerprint density at radius 3 is 3.00 bits per heavy atom. The van der Waals surface area contributed by atoms with Crippen LogP contribution in [0.2, 0.25) is 0 Å². The molecule has 0 spiro atoms. The van der Waals surface area contributed by atoms with Gasteiger partial charge in [-0.15, -0.1) is 11.3 Å². The number of nitrogens with zero attached hydrogens (tertiary/aromatic N) is 3. The fourth-order valence-corrected chi connectivity index (χ4v) is 4.68. The molecule has 0 radical (unpaired) electrons. The third kappa shape index (κ3) is 2.21. The Kier molecular flexibility index (Phi) is 3.30. The van der Waals surface area contributed by atoms with Crippen LogP contribution >= 0.6 is 11.3 Å². The Bertz CT molecular complexity index is 839. The van der Waals surface area contributed by atoms with E-state index in [-0.39, 0.29) is 23.8 Å². The second-order valence-corrected chi connectivity index (χ2v) is 8.09. The molecule has 0 aromatic carbocycles. The maximum absolute atomic E-state index is 13.1. The molecule has 0 saturated carbocycles. The van der Waals surface area contributed by atoms with Crippen LogP contribution in [0.3, 0.4) is 0 Å². The highest BCUT2D eigenvalue weighted by Crippen LogP contribution is 2.38. The summed E-state index contributed by atoms with van der Waals surface area (Å²) >= 11 is 1.56. The van der Waals surface area contributed by atoms with Gasteiger partial charge in [0.15, 0.2) is 0 Å². The van der Waals surface area contributed by atoms with E-state index in [4.69, 9.17) is 9.72 Å². The highest BCUT2D eigenvalue weighted by molar-refractivity contribution is 7.18. The van der Waals surface area contributed by atoms with Gasteiger partial charge in [0.25, 0.3) is 5.56 Å². The van der Waals surface area contributed by atoms with Crippen LogP contribution in [0.1, 0.15) is 31.2 Å². The van der Waals surface area contributed by atoms with Crippen molar-refractivity contribution >= 4 is 27.5 Å². The first-order chi connectivity index (χ1) is 10.9. The van der Waals surface area contributed by atoms with Crippen LogP contribution in [0.4, 0.5) is 5.95 Å². The van der Waals surface area contributed by atoms with Crippen molar-refractivity contribution in [3.05, 3.63) is 20.8 Å². The molecule has 1 atom stereocenters. The predicted octanol–water partition coefficient (Wildman–Crippen LogP) is 1.51. The largest absolute Gasteiger partial charge is 0.395 e. The fourth-order valence-electron chi connectivity index (χ4n) is 3.59. The smallest absolute Gasteiger partial charge is 0.264 e. The summed E-state index contributed by atoms with van der Waals surface area (Å²) in [6.07, 6.45) is 0.745. The molecule has 0 amide bonds. The van der Waals surface area contributed by atoms with Gasteiger partial charge in [0.2, 0.25) is 5.95 Å². The van der Waals surface area contributed by atoms with Gasteiger partial charge >= 0.3 is 0 Å². The first-order valence-corrected chi connectivity index (χ1v) is 8.79. The van der Waals surface area contributed by atoms with Crippen molar-refractivity contribution in [1.29, 1.82) is 0 Å². The summed E-state index contributed by atoms with van der Waals surface area (Å²) in [5, 5.41) is 10.0. The van der Waals surface area contributed by atoms with Crippen LogP contribution in [0.5, 0.6) is 0 Å². The summed E-state index contributed by atoms with van der Waals surface area (Å²) in [6.45, 7) is 7.91. The lowest BCUT2D eigenvalue weighted by Crippen LogP contribution is -2.32. The molecule has 0 fully saturated rings. The van der Waals surface area contributed by atoms with Crippen molar-refractivity contribution in [3.63, 3.8) is 0 Å². The zero-order valence-electron chi connectivity index (χ0n) is 13.6. The number of anilines is 1. The molecule has 0 bridgehead atoms.